The second-order valence-corrected chi connectivity index (χ2v) is 6.18. The van der Waals surface area contributed by atoms with Gasteiger partial charge in [-0.05, 0) is 50.5 Å². The summed E-state index contributed by atoms with van der Waals surface area (Å²) in [5, 5.41) is 13.5. The molecule has 2 aromatic rings. The standard InChI is InChI=1S/C19H20N2O5/c1-11-5-6-15(16(9-11)21(24)25)20-17(22)10-26-19(23)18-13(3)7-12(2)8-14(18)4/h5-9H,10H2,1-4H3,(H,20,22). The molecule has 26 heavy (non-hydrogen) atoms. The third-order valence-electron chi connectivity index (χ3n) is 3.84. The van der Waals surface area contributed by atoms with E-state index in [0.29, 0.717) is 11.1 Å². The summed E-state index contributed by atoms with van der Waals surface area (Å²) >= 11 is 0. The molecule has 0 bridgehead atoms. The number of nitrogens with one attached hydrogen (secondary N) is 1. The molecule has 0 aliphatic heterocycles. The summed E-state index contributed by atoms with van der Waals surface area (Å²) in [4.78, 5) is 34.8. The number of carbonyl (C=O) groups is 2. The molecule has 0 saturated carbocycles. The number of ether oxygens (including phenoxy) is 1. The molecule has 136 valence electrons. The Bertz CT molecular complexity index is 866. The number of nitrogens with zero attached hydrogens (tertiary/aromatic N) is 1. The van der Waals surface area contributed by atoms with Crippen molar-refractivity contribution >= 4 is 23.3 Å². The summed E-state index contributed by atoms with van der Waals surface area (Å²) in [6.07, 6.45) is 0. The van der Waals surface area contributed by atoms with Crippen LogP contribution in [-0.4, -0.2) is 23.4 Å². The van der Waals surface area contributed by atoms with Crippen LogP contribution in [-0.2, 0) is 9.53 Å². The molecule has 0 heterocycles. The van der Waals surface area contributed by atoms with Crippen molar-refractivity contribution in [1.29, 1.82) is 0 Å². The maximum atomic E-state index is 12.3. The van der Waals surface area contributed by atoms with Crippen LogP contribution in [0, 0.1) is 37.8 Å². The molecule has 0 saturated heterocycles. The summed E-state index contributed by atoms with van der Waals surface area (Å²) < 4.78 is 5.07. The maximum Gasteiger partial charge on any atom is 0.339 e. The number of carbonyl (C=O) groups excluding carboxylic acids is 2. The number of benzene rings is 2. The number of aryl methyl sites for hydroxylation is 4. The molecular formula is C19H20N2O5. The van der Waals surface area contributed by atoms with E-state index in [1.807, 2.05) is 19.1 Å². The van der Waals surface area contributed by atoms with E-state index in [2.05, 4.69) is 5.32 Å². The largest absolute Gasteiger partial charge is 0.452 e. The fourth-order valence-corrected chi connectivity index (χ4v) is 2.79. The van der Waals surface area contributed by atoms with Gasteiger partial charge in [0.25, 0.3) is 11.6 Å². The normalized spacial score (nSPS) is 10.3. The average Bonchev–Trinajstić information content (AvgIpc) is 2.53. The third-order valence-corrected chi connectivity index (χ3v) is 3.84. The number of hydrogen-bond donors (Lipinski definition) is 1. The summed E-state index contributed by atoms with van der Waals surface area (Å²) in [5.41, 5.74) is 3.53. The van der Waals surface area contributed by atoms with E-state index in [1.165, 1.54) is 12.1 Å². The van der Waals surface area contributed by atoms with Crippen LogP contribution >= 0.6 is 0 Å². The molecule has 0 unspecified atom stereocenters. The zero-order valence-electron chi connectivity index (χ0n) is 15.1. The number of nitro benzene ring substituents is 1. The molecule has 0 spiro atoms. The number of hydrogen-bond acceptors (Lipinski definition) is 5. The minimum absolute atomic E-state index is 0.0596. The lowest BCUT2D eigenvalue weighted by Crippen LogP contribution is -2.22. The topological polar surface area (TPSA) is 98.5 Å². The van der Waals surface area contributed by atoms with Crippen molar-refractivity contribution in [2.75, 3.05) is 11.9 Å². The highest BCUT2D eigenvalue weighted by atomic mass is 16.6. The van der Waals surface area contributed by atoms with Gasteiger partial charge in [0, 0.05) is 6.07 Å². The van der Waals surface area contributed by atoms with Crippen molar-refractivity contribution in [1.82, 2.24) is 0 Å². The van der Waals surface area contributed by atoms with Crippen molar-refractivity contribution in [3.8, 4) is 0 Å². The lowest BCUT2D eigenvalue weighted by molar-refractivity contribution is -0.384. The molecular weight excluding hydrogens is 336 g/mol. The van der Waals surface area contributed by atoms with E-state index in [4.69, 9.17) is 4.74 Å². The second kappa shape index (κ2) is 7.77. The van der Waals surface area contributed by atoms with Gasteiger partial charge in [-0.15, -0.1) is 0 Å². The van der Waals surface area contributed by atoms with Crippen LogP contribution in [0.3, 0.4) is 0 Å². The van der Waals surface area contributed by atoms with Gasteiger partial charge in [-0.2, -0.15) is 0 Å². The van der Waals surface area contributed by atoms with Gasteiger partial charge < -0.3 is 10.1 Å². The zero-order valence-corrected chi connectivity index (χ0v) is 15.1. The van der Waals surface area contributed by atoms with E-state index in [9.17, 15) is 19.7 Å². The zero-order chi connectivity index (χ0) is 19.4. The van der Waals surface area contributed by atoms with Crippen LogP contribution in [0.5, 0.6) is 0 Å². The number of amides is 1. The quantitative estimate of drug-likeness (QED) is 0.501. The van der Waals surface area contributed by atoms with Crippen LogP contribution in [0.4, 0.5) is 11.4 Å². The first-order valence-corrected chi connectivity index (χ1v) is 7.99. The summed E-state index contributed by atoms with van der Waals surface area (Å²) in [6.45, 7) is 6.71. The molecule has 2 rings (SSSR count). The second-order valence-electron chi connectivity index (χ2n) is 6.18. The first-order chi connectivity index (χ1) is 12.2. The van der Waals surface area contributed by atoms with Crippen LogP contribution in [0.15, 0.2) is 30.3 Å². The highest BCUT2D eigenvalue weighted by molar-refractivity contribution is 5.97. The smallest absolute Gasteiger partial charge is 0.339 e. The Kier molecular flexibility index (Phi) is 5.71. The van der Waals surface area contributed by atoms with E-state index >= 15 is 0 Å². The van der Waals surface area contributed by atoms with Crippen molar-refractivity contribution in [3.05, 3.63) is 68.3 Å². The van der Waals surface area contributed by atoms with Gasteiger partial charge >= 0.3 is 5.97 Å². The van der Waals surface area contributed by atoms with Crippen LogP contribution < -0.4 is 5.32 Å². The summed E-state index contributed by atoms with van der Waals surface area (Å²) in [5.74, 6) is -1.25. The Balaban J connectivity index is 2.06. The molecule has 2 aromatic carbocycles. The lowest BCUT2D eigenvalue weighted by atomic mass is 10.00. The SMILES string of the molecule is Cc1cc(C)c(C(=O)OCC(=O)Nc2ccc(C)cc2[N+](=O)[O-])c(C)c1. The average molecular weight is 356 g/mol. The van der Waals surface area contributed by atoms with Crippen molar-refractivity contribution < 1.29 is 19.2 Å². The molecule has 0 radical (unpaired) electrons. The van der Waals surface area contributed by atoms with Crippen LogP contribution in [0.1, 0.15) is 32.6 Å². The molecule has 1 amide bonds. The van der Waals surface area contributed by atoms with Crippen LogP contribution in [0.2, 0.25) is 0 Å². The predicted molar refractivity (Wildman–Crippen MR) is 97.4 cm³/mol. The third kappa shape index (κ3) is 4.44. The van der Waals surface area contributed by atoms with Crippen molar-refractivity contribution in [2.45, 2.75) is 27.7 Å². The lowest BCUT2D eigenvalue weighted by Gasteiger charge is -2.11. The number of rotatable bonds is 5. The van der Waals surface area contributed by atoms with E-state index in [0.717, 1.165) is 16.7 Å². The van der Waals surface area contributed by atoms with Crippen molar-refractivity contribution in [3.63, 3.8) is 0 Å². The Morgan fingerprint density at radius 1 is 1.04 bits per heavy atom. The summed E-state index contributed by atoms with van der Waals surface area (Å²) in [6, 6.07) is 8.18. The molecule has 7 nitrogen and oxygen atoms in total. The maximum absolute atomic E-state index is 12.3. The van der Waals surface area contributed by atoms with Gasteiger partial charge in [0.05, 0.1) is 10.5 Å². The van der Waals surface area contributed by atoms with E-state index < -0.39 is 23.4 Å². The fraction of sp³-hybridized carbons (Fsp3) is 0.263. The Hall–Kier alpha value is -3.22. The monoisotopic (exact) mass is 356 g/mol. The van der Waals surface area contributed by atoms with Gasteiger partial charge in [-0.3, -0.25) is 14.9 Å². The van der Waals surface area contributed by atoms with Crippen LogP contribution in [0.25, 0.3) is 0 Å². The first kappa shape index (κ1) is 19.1. The molecule has 0 atom stereocenters. The summed E-state index contributed by atoms with van der Waals surface area (Å²) in [7, 11) is 0. The Morgan fingerprint density at radius 3 is 2.23 bits per heavy atom. The molecule has 0 aliphatic rings. The predicted octanol–water partition coefficient (Wildman–Crippen LogP) is 3.62. The van der Waals surface area contributed by atoms with E-state index in [-0.39, 0.29) is 11.4 Å². The van der Waals surface area contributed by atoms with Gasteiger partial charge in [-0.25, -0.2) is 4.79 Å². The fourth-order valence-electron chi connectivity index (χ4n) is 2.79. The van der Waals surface area contributed by atoms with Gasteiger partial charge in [0.15, 0.2) is 6.61 Å². The minimum Gasteiger partial charge on any atom is -0.452 e. The Morgan fingerprint density at radius 2 is 1.65 bits per heavy atom. The highest BCUT2D eigenvalue weighted by Crippen LogP contribution is 2.25. The molecule has 0 aromatic heterocycles. The number of anilines is 1. The molecule has 7 heteroatoms. The first-order valence-electron chi connectivity index (χ1n) is 7.99. The van der Waals surface area contributed by atoms with E-state index in [1.54, 1.807) is 26.8 Å². The number of nitro groups is 1. The highest BCUT2D eigenvalue weighted by Gasteiger charge is 2.19. The Labute approximate surface area is 151 Å². The van der Waals surface area contributed by atoms with Gasteiger partial charge in [0.1, 0.15) is 5.69 Å². The molecule has 0 fully saturated rings. The van der Waals surface area contributed by atoms with Gasteiger partial charge in [0.2, 0.25) is 0 Å². The molecule has 1 N–H and O–H groups in total. The minimum atomic E-state index is -0.646. The molecule has 0 aliphatic carbocycles. The van der Waals surface area contributed by atoms with Gasteiger partial charge in [-0.1, -0.05) is 23.8 Å². The number of esters is 1. The van der Waals surface area contributed by atoms with Crippen molar-refractivity contribution in [2.24, 2.45) is 0 Å².